The molecule has 0 radical (unpaired) electrons. The van der Waals surface area contributed by atoms with Crippen molar-refractivity contribution in [2.24, 2.45) is 0 Å². The third-order valence-electron chi connectivity index (χ3n) is 5.76. The number of benzene rings is 2. The van der Waals surface area contributed by atoms with Crippen LogP contribution in [0.1, 0.15) is 22.1 Å². The molecule has 1 aliphatic rings. The molecule has 33 heavy (non-hydrogen) atoms. The molecule has 0 aliphatic carbocycles. The van der Waals surface area contributed by atoms with Crippen LogP contribution in [0.15, 0.2) is 65.5 Å². The van der Waals surface area contributed by atoms with Crippen LogP contribution in [0, 0.1) is 12.7 Å². The molecule has 8 heteroatoms. The van der Waals surface area contributed by atoms with Crippen molar-refractivity contribution < 1.29 is 14.3 Å². The molecule has 1 N–H and O–H groups in total. The van der Waals surface area contributed by atoms with Gasteiger partial charge in [-0.1, -0.05) is 12.1 Å². The number of phenolic OH excluding ortho intramolecular Hbond substituents is 1. The zero-order valence-corrected chi connectivity index (χ0v) is 19.6. The van der Waals surface area contributed by atoms with Gasteiger partial charge in [-0.05, 0) is 66.2 Å². The van der Waals surface area contributed by atoms with E-state index in [-0.39, 0.29) is 22.8 Å². The maximum absolute atomic E-state index is 13.8. The van der Waals surface area contributed by atoms with Crippen LogP contribution in [0.25, 0.3) is 16.9 Å². The van der Waals surface area contributed by atoms with E-state index in [2.05, 4.69) is 0 Å². The SMILES string of the molecule is Cc1cc(-n2cc(C3SCC(=O)N3CCc3ccc(O)cc3)c(-c3ccsc3)n2)ccc1F. The van der Waals surface area contributed by atoms with E-state index in [1.165, 1.54) is 6.07 Å². The number of amides is 1. The summed E-state index contributed by atoms with van der Waals surface area (Å²) in [6.45, 7) is 2.31. The molecule has 2 aromatic carbocycles. The number of phenols is 1. The summed E-state index contributed by atoms with van der Waals surface area (Å²) in [5, 5.41) is 18.3. The first-order chi connectivity index (χ1) is 16.0. The highest BCUT2D eigenvalue weighted by Crippen LogP contribution is 2.43. The number of aromatic nitrogens is 2. The first kappa shape index (κ1) is 21.7. The molecule has 1 saturated heterocycles. The van der Waals surface area contributed by atoms with Crippen molar-refractivity contribution in [2.75, 3.05) is 12.3 Å². The van der Waals surface area contributed by atoms with Gasteiger partial charge in [-0.3, -0.25) is 4.79 Å². The predicted molar refractivity (Wildman–Crippen MR) is 130 cm³/mol. The van der Waals surface area contributed by atoms with Crippen molar-refractivity contribution in [2.45, 2.75) is 18.7 Å². The minimum Gasteiger partial charge on any atom is -0.508 e. The lowest BCUT2D eigenvalue weighted by Gasteiger charge is -2.24. The van der Waals surface area contributed by atoms with Crippen molar-refractivity contribution in [3.63, 3.8) is 0 Å². The second-order valence-corrected chi connectivity index (χ2v) is 9.84. The van der Waals surface area contributed by atoms with E-state index in [4.69, 9.17) is 5.10 Å². The number of thioether (sulfide) groups is 1. The Morgan fingerprint density at radius 3 is 2.73 bits per heavy atom. The van der Waals surface area contributed by atoms with Crippen molar-refractivity contribution in [1.29, 1.82) is 0 Å². The Morgan fingerprint density at radius 1 is 1.18 bits per heavy atom. The van der Waals surface area contributed by atoms with Gasteiger partial charge in [-0.2, -0.15) is 16.4 Å². The number of aryl methyl sites for hydroxylation is 1. The standard InChI is InChI=1S/C25H22FN3O2S2/c1-16-12-19(4-7-22(16)26)29-13-21(24(27-29)18-9-11-32-14-18)25-28(23(31)15-33-25)10-8-17-2-5-20(30)6-3-17/h2-7,9,11-14,25,30H,8,10,15H2,1H3. The molecule has 168 valence electrons. The number of halogens is 1. The zero-order valence-electron chi connectivity index (χ0n) is 17.9. The van der Waals surface area contributed by atoms with E-state index in [9.17, 15) is 14.3 Å². The van der Waals surface area contributed by atoms with E-state index in [0.29, 0.717) is 24.3 Å². The highest BCUT2D eigenvalue weighted by atomic mass is 32.2. The summed E-state index contributed by atoms with van der Waals surface area (Å²) in [4.78, 5) is 14.7. The third-order valence-corrected chi connectivity index (χ3v) is 7.68. The van der Waals surface area contributed by atoms with Gasteiger partial charge >= 0.3 is 0 Å². The number of nitrogens with zero attached hydrogens (tertiary/aromatic N) is 3. The number of carbonyl (C=O) groups excluding carboxylic acids is 1. The van der Waals surface area contributed by atoms with Gasteiger partial charge in [0.2, 0.25) is 5.91 Å². The van der Waals surface area contributed by atoms with Gasteiger partial charge in [0.1, 0.15) is 16.9 Å². The first-order valence-electron chi connectivity index (χ1n) is 10.6. The Hall–Kier alpha value is -3.10. The monoisotopic (exact) mass is 479 g/mol. The van der Waals surface area contributed by atoms with Crippen LogP contribution >= 0.6 is 23.1 Å². The largest absolute Gasteiger partial charge is 0.508 e. The van der Waals surface area contributed by atoms with Gasteiger partial charge in [0, 0.05) is 29.2 Å². The fourth-order valence-corrected chi connectivity index (χ4v) is 5.82. The Labute approximate surface area is 199 Å². The van der Waals surface area contributed by atoms with E-state index < -0.39 is 0 Å². The Kier molecular flexibility index (Phi) is 5.95. The maximum Gasteiger partial charge on any atom is 0.233 e. The molecule has 4 aromatic rings. The lowest BCUT2D eigenvalue weighted by atomic mass is 10.1. The fourth-order valence-electron chi connectivity index (χ4n) is 3.96. The molecule has 0 spiro atoms. The molecule has 1 unspecified atom stereocenters. The van der Waals surface area contributed by atoms with Crippen LogP contribution in [0.5, 0.6) is 5.75 Å². The Balaban J connectivity index is 1.49. The molecule has 2 aromatic heterocycles. The molecular weight excluding hydrogens is 457 g/mol. The smallest absolute Gasteiger partial charge is 0.233 e. The Morgan fingerprint density at radius 2 is 2.00 bits per heavy atom. The number of hydrogen-bond donors (Lipinski definition) is 1. The second-order valence-electron chi connectivity index (χ2n) is 7.99. The first-order valence-corrected chi connectivity index (χ1v) is 12.6. The average molecular weight is 480 g/mol. The molecule has 1 aliphatic heterocycles. The van der Waals surface area contributed by atoms with Crippen molar-refractivity contribution in [3.05, 3.63) is 88.0 Å². The lowest BCUT2D eigenvalue weighted by Crippen LogP contribution is -2.30. The normalized spacial score (nSPS) is 16.0. The molecule has 1 atom stereocenters. The average Bonchev–Trinajstić information content (AvgIpc) is 3.55. The van der Waals surface area contributed by atoms with Crippen LogP contribution in [0.4, 0.5) is 4.39 Å². The minimum absolute atomic E-state index is 0.102. The highest BCUT2D eigenvalue weighted by molar-refractivity contribution is 8.00. The van der Waals surface area contributed by atoms with Crippen molar-refractivity contribution in [3.8, 4) is 22.7 Å². The summed E-state index contributed by atoms with van der Waals surface area (Å²) >= 11 is 3.20. The number of thiophene rings is 1. The third kappa shape index (κ3) is 4.41. The summed E-state index contributed by atoms with van der Waals surface area (Å²) in [6.07, 6.45) is 2.66. The van der Waals surface area contributed by atoms with E-state index >= 15 is 0 Å². The van der Waals surface area contributed by atoms with Crippen molar-refractivity contribution >= 4 is 29.0 Å². The van der Waals surface area contributed by atoms with Gasteiger partial charge in [-0.15, -0.1) is 11.8 Å². The van der Waals surface area contributed by atoms with E-state index in [1.54, 1.807) is 59.0 Å². The van der Waals surface area contributed by atoms with Gasteiger partial charge in [0.05, 0.1) is 17.1 Å². The predicted octanol–water partition coefficient (Wildman–Crippen LogP) is 5.57. The van der Waals surface area contributed by atoms with Gasteiger partial charge in [0.15, 0.2) is 0 Å². The molecule has 0 bridgehead atoms. The summed E-state index contributed by atoms with van der Waals surface area (Å²) in [5.41, 5.74) is 5.21. The number of aromatic hydroxyl groups is 1. The number of carbonyl (C=O) groups is 1. The van der Waals surface area contributed by atoms with Crippen LogP contribution in [-0.4, -0.2) is 38.0 Å². The summed E-state index contributed by atoms with van der Waals surface area (Å²) in [7, 11) is 0. The van der Waals surface area contributed by atoms with Gasteiger partial charge < -0.3 is 10.0 Å². The van der Waals surface area contributed by atoms with Crippen LogP contribution in [-0.2, 0) is 11.2 Å². The second kappa shape index (κ2) is 9.03. The van der Waals surface area contributed by atoms with Crippen LogP contribution in [0.2, 0.25) is 0 Å². The van der Waals surface area contributed by atoms with E-state index in [1.807, 2.05) is 40.1 Å². The molecular formula is C25H22FN3O2S2. The quantitative estimate of drug-likeness (QED) is 0.393. The molecule has 1 amide bonds. The highest BCUT2D eigenvalue weighted by Gasteiger charge is 2.35. The molecule has 0 saturated carbocycles. The molecule has 3 heterocycles. The maximum atomic E-state index is 13.8. The zero-order chi connectivity index (χ0) is 22.9. The lowest BCUT2D eigenvalue weighted by molar-refractivity contribution is -0.128. The summed E-state index contributed by atoms with van der Waals surface area (Å²) in [6, 6.07) is 14.1. The number of rotatable bonds is 6. The molecule has 5 nitrogen and oxygen atoms in total. The van der Waals surface area contributed by atoms with E-state index in [0.717, 1.165) is 28.1 Å². The fraction of sp³-hybridized carbons (Fsp3) is 0.200. The summed E-state index contributed by atoms with van der Waals surface area (Å²) in [5.74, 6) is 0.504. The molecule has 1 fully saturated rings. The number of hydrogen-bond acceptors (Lipinski definition) is 5. The topological polar surface area (TPSA) is 58.4 Å². The van der Waals surface area contributed by atoms with Gasteiger partial charge in [-0.25, -0.2) is 9.07 Å². The Bertz CT molecular complexity index is 1290. The summed E-state index contributed by atoms with van der Waals surface area (Å²) < 4.78 is 15.6. The van der Waals surface area contributed by atoms with Crippen LogP contribution in [0.3, 0.4) is 0 Å². The van der Waals surface area contributed by atoms with Gasteiger partial charge in [0.25, 0.3) is 0 Å². The minimum atomic E-state index is -0.249. The molecule has 5 rings (SSSR count). The van der Waals surface area contributed by atoms with Crippen molar-refractivity contribution in [1.82, 2.24) is 14.7 Å². The van der Waals surface area contributed by atoms with Crippen LogP contribution < -0.4 is 0 Å².